The van der Waals surface area contributed by atoms with Crippen molar-refractivity contribution in [3.8, 4) is 5.75 Å². The van der Waals surface area contributed by atoms with Crippen molar-refractivity contribution in [1.82, 2.24) is 14.8 Å². The lowest BCUT2D eigenvalue weighted by molar-refractivity contribution is 0.132. The maximum atomic E-state index is 14.0. The Morgan fingerprint density at radius 1 is 1.16 bits per heavy atom. The Labute approximate surface area is 189 Å². The maximum Gasteiger partial charge on any atom is 0.340 e. The maximum absolute atomic E-state index is 14.0. The number of benzene rings is 2. The number of urea groups is 1. The molecule has 0 aromatic heterocycles. The molecule has 0 fully saturated rings. The van der Waals surface area contributed by atoms with Gasteiger partial charge in [0.1, 0.15) is 11.6 Å². The van der Waals surface area contributed by atoms with E-state index in [-0.39, 0.29) is 23.8 Å². The summed E-state index contributed by atoms with van der Waals surface area (Å²) in [5.74, 6) is 0.111. The highest BCUT2D eigenvalue weighted by Crippen LogP contribution is 2.42. The lowest BCUT2D eigenvalue weighted by Gasteiger charge is -2.31. The summed E-state index contributed by atoms with van der Waals surface area (Å²) in [6.45, 7) is 8.28. The smallest absolute Gasteiger partial charge is 0.340 e. The lowest BCUT2D eigenvalue weighted by Crippen LogP contribution is -2.42. The minimum absolute atomic E-state index is 0.153. The molecular weight excluding hydrogens is 407 g/mol. The van der Waals surface area contributed by atoms with Crippen molar-refractivity contribution in [2.45, 2.75) is 26.3 Å². The number of ether oxygens (including phenoxy) is 1. The molecule has 2 aromatic carbocycles. The second-order valence-electron chi connectivity index (χ2n) is 8.33. The molecule has 2 atom stereocenters. The van der Waals surface area contributed by atoms with Crippen molar-refractivity contribution < 1.29 is 13.9 Å². The summed E-state index contributed by atoms with van der Waals surface area (Å²) >= 11 is 0. The van der Waals surface area contributed by atoms with Crippen molar-refractivity contribution in [3.63, 3.8) is 0 Å². The fourth-order valence-electron chi connectivity index (χ4n) is 4.53. The average Bonchev–Trinajstić information content (AvgIpc) is 3.22. The SMILES string of the molecule is CCN(CC)CCCN(C)C(=O)N1N=C2c3cc(F)ccc3OCC2C1c1ccccc1. The van der Waals surface area contributed by atoms with E-state index < -0.39 is 0 Å². The Morgan fingerprint density at radius 2 is 1.91 bits per heavy atom. The fraction of sp³-hybridized carbons (Fsp3) is 0.440. The molecule has 2 heterocycles. The van der Waals surface area contributed by atoms with Gasteiger partial charge in [-0.15, -0.1) is 0 Å². The Balaban J connectivity index is 1.60. The minimum Gasteiger partial charge on any atom is -0.492 e. The molecule has 0 aliphatic carbocycles. The first-order valence-corrected chi connectivity index (χ1v) is 11.4. The zero-order valence-corrected chi connectivity index (χ0v) is 19.0. The number of amides is 2. The van der Waals surface area contributed by atoms with Gasteiger partial charge in [0.05, 0.1) is 24.3 Å². The van der Waals surface area contributed by atoms with Gasteiger partial charge in [0, 0.05) is 19.2 Å². The van der Waals surface area contributed by atoms with Crippen molar-refractivity contribution in [1.29, 1.82) is 0 Å². The van der Waals surface area contributed by atoms with Gasteiger partial charge in [-0.3, -0.25) is 0 Å². The normalized spacial score (nSPS) is 19.3. The number of hydrazone groups is 1. The second kappa shape index (κ2) is 9.69. The summed E-state index contributed by atoms with van der Waals surface area (Å²) in [5.41, 5.74) is 2.33. The number of hydrogen-bond donors (Lipinski definition) is 0. The van der Waals surface area contributed by atoms with Crippen LogP contribution in [0.1, 0.15) is 37.4 Å². The molecule has 2 aromatic rings. The van der Waals surface area contributed by atoms with E-state index in [4.69, 9.17) is 9.84 Å². The van der Waals surface area contributed by atoms with Gasteiger partial charge in [0.25, 0.3) is 0 Å². The summed E-state index contributed by atoms with van der Waals surface area (Å²) < 4.78 is 20.0. The highest BCUT2D eigenvalue weighted by Gasteiger charge is 2.45. The molecule has 0 bridgehead atoms. The molecule has 0 spiro atoms. The van der Waals surface area contributed by atoms with Crippen molar-refractivity contribution in [2.24, 2.45) is 11.0 Å². The van der Waals surface area contributed by atoms with Crippen LogP contribution in [0.5, 0.6) is 5.75 Å². The van der Waals surface area contributed by atoms with Gasteiger partial charge in [-0.05, 0) is 49.8 Å². The van der Waals surface area contributed by atoms with Crippen LogP contribution < -0.4 is 4.74 Å². The summed E-state index contributed by atoms with van der Waals surface area (Å²) in [7, 11) is 1.82. The van der Waals surface area contributed by atoms with Crippen molar-refractivity contribution in [3.05, 3.63) is 65.5 Å². The van der Waals surface area contributed by atoms with Gasteiger partial charge in [0.2, 0.25) is 0 Å². The first kappa shape index (κ1) is 22.3. The van der Waals surface area contributed by atoms with Crippen LogP contribution in [0.3, 0.4) is 0 Å². The molecule has 2 unspecified atom stereocenters. The predicted octanol–water partition coefficient (Wildman–Crippen LogP) is 4.38. The van der Waals surface area contributed by atoms with Crippen LogP contribution in [-0.4, -0.2) is 66.4 Å². The first-order chi connectivity index (χ1) is 15.5. The fourth-order valence-corrected chi connectivity index (χ4v) is 4.53. The second-order valence-corrected chi connectivity index (χ2v) is 8.33. The summed E-state index contributed by atoms with van der Waals surface area (Å²) in [5, 5.41) is 6.31. The molecule has 2 amide bonds. The molecule has 0 saturated carbocycles. The Hall–Kier alpha value is -2.93. The summed E-state index contributed by atoms with van der Waals surface area (Å²) in [6, 6.07) is 13.9. The van der Waals surface area contributed by atoms with Crippen molar-refractivity contribution in [2.75, 3.05) is 39.8 Å². The monoisotopic (exact) mass is 438 g/mol. The van der Waals surface area contributed by atoms with E-state index in [2.05, 4.69) is 18.7 Å². The number of rotatable bonds is 7. The molecule has 0 N–H and O–H groups in total. The minimum atomic E-state index is -0.342. The summed E-state index contributed by atoms with van der Waals surface area (Å²) in [4.78, 5) is 17.6. The third-order valence-electron chi connectivity index (χ3n) is 6.37. The predicted molar refractivity (Wildman–Crippen MR) is 123 cm³/mol. The van der Waals surface area contributed by atoms with E-state index in [1.165, 1.54) is 12.1 Å². The van der Waals surface area contributed by atoms with Gasteiger partial charge in [-0.25, -0.2) is 14.2 Å². The third-order valence-corrected chi connectivity index (χ3v) is 6.37. The number of halogens is 1. The molecule has 2 aliphatic rings. The van der Waals surface area contributed by atoms with Gasteiger partial charge in [0.15, 0.2) is 0 Å². The Morgan fingerprint density at radius 3 is 2.62 bits per heavy atom. The van der Waals surface area contributed by atoms with Crippen LogP contribution >= 0.6 is 0 Å². The highest BCUT2D eigenvalue weighted by molar-refractivity contribution is 6.07. The van der Waals surface area contributed by atoms with E-state index in [1.54, 1.807) is 16.0 Å². The van der Waals surface area contributed by atoms with E-state index in [9.17, 15) is 9.18 Å². The van der Waals surface area contributed by atoms with E-state index >= 15 is 0 Å². The van der Waals surface area contributed by atoms with Gasteiger partial charge in [-0.2, -0.15) is 5.10 Å². The molecule has 2 aliphatic heterocycles. The van der Waals surface area contributed by atoms with Crippen molar-refractivity contribution >= 4 is 11.7 Å². The zero-order chi connectivity index (χ0) is 22.7. The number of carbonyl (C=O) groups excluding carboxylic acids is 1. The van der Waals surface area contributed by atoms with Crippen LogP contribution in [0.25, 0.3) is 0 Å². The molecule has 170 valence electrons. The molecule has 6 nitrogen and oxygen atoms in total. The number of nitrogens with zero attached hydrogens (tertiary/aromatic N) is 4. The van der Waals surface area contributed by atoms with Gasteiger partial charge in [-0.1, -0.05) is 44.2 Å². The first-order valence-electron chi connectivity index (χ1n) is 11.4. The lowest BCUT2D eigenvalue weighted by atomic mass is 9.86. The van der Waals surface area contributed by atoms with E-state index in [0.717, 1.165) is 31.6 Å². The van der Waals surface area contributed by atoms with Crippen LogP contribution in [0.4, 0.5) is 9.18 Å². The largest absolute Gasteiger partial charge is 0.492 e. The standard InChI is InChI=1S/C25H31FN4O2/c1-4-29(5-2)15-9-14-28(3)25(31)30-24(18-10-7-6-8-11-18)21-17-32-22-13-12-19(26)16-20(22)23(21)27-30/h6-8,10-13,16,21,24H,4-5,9,14-15,17H2,1-3H3. The van der Waals surface area contributed by atoms with Crippen LogP contribution in [0.15, 0.2) is 53.6 Å². The van der Waals surface area contributed by atoms with Crippen LogP contribution in [0.2, 0.25) is 0 Å². The number of fused-ring (bicyclic) bond motifs is 3. The van der Waals surface area contributed by atoms with E-state index in [1.807, 2.05) is 37.4 Å². The van der Waals surface area contributed by atoms with Crippen LogP contribution in [0, 0.1) is 11.7 Å². The quantitative estimate of drug-likeness (QED) is 0.645. The third kappa shape index (κ3) is 4.35. The average molecular weight is 439 g/mol. The topological polar surface area (TPSA) is 48.4 Å². The molecule has 0 saturated heterocycles. The van der Waals surface area contributed by atoms with Gasteiger partial charge < -0.3 is 14.5 Å². The number of hydrogen-bond acceptors (Lipinski definition) is 4. The highest BCUT2D eigenvalue weighted by atomic mass is 19.1. The molecular formula is C25H31FN4O2. The molecule has 0 radical (unpaired) electrons. The van der Waals surface area contributed by atoms with Gasteiger partial charge >= 0.3 is 6.03 Å². The van der Waals surface area contributed by atoms with Crippen LogP contribution in [-0.2, 0) is 0 Å². The summed E-state index contributed by atoms with van der Waals surface area (Å²) in [6.07, 6.45) is 0.894. The molecule has 7 heteroatoms. The van der Waals surface area contributed by atoms with E-state index in [0.29, 0.717) is 30.2 Å². The molecule has 4 rings (SSSR count). The number of carbonyl (C=O) groups is 1. The Kier molecular flexibility index (Phi) is 6.74. The molecule has 32 heavy (non-hydrogen) atoms. The zero-order valence-electron chi connectivity index (χ0n) is 19.0. The Bertz CT molecular complexity index is 977.